The molecule has 16 heavy (non-hydrogen) atoms. The van der Waals surface area contributed by atoms with Gasteiger partial charge in [-0.1, -0.05) is 12.1 Å². The summed E-state index contributed by atoms with van der Waals surface area (Å²) in [5.41, 5.74) is 1.17. The van der Waals surface area contributed by atoms with E-state index >= 15 is 0 Å². The molecule has 3 nitrogen and oxygen atoms in total. The van der Waals surface area contributed by atoms with Crippen LogP contribution in [0.3, 0.4) is 0 Å². The highest BCUT2D eigenvalue weighted by Crippen LogP contribution is 2.14. The second-order valence-electron chi connectivity index (χ2n) is 3.78. The van der Waals surface area contributed by atoms with Crippen molar-refractivity contribution in [3.05, 3.63) is 29.8 Å². The molecule has 1 atom stereocenters. The van der Waals surface area contributed by atoms with Gasteiger partial charge in [0.2, 0.25) is 0 Å². The van der Waals surface area contributed by atoms with Crippen LogP contribution in [0.25, 0.3) is 0 Å². The van der Waals surface area contributed by atoms with Crippen molar-refractivity contribution in [1.29, 1.82) is 0 Å². The van der Waals surface area contributed by atoms with Gasteiger partial charge in [-0.3, -0.25) is 0 Å². The third-order valence-electron chi connectivity index (χ3n) is 2.63. The fourth-order valence-corrected chi connectivity index (χ4v) is 1.75. The highest BCUT2D eigenvalue weighted by atomic mass is 35.5. The van der Waals surface area contributed by atoms with Gasteiger partial charge in [-0.2, -0.15) is 0 Å². The van der Waals surface area contributed by atoms with E-state index in [9.17, 15) is 0 Å². The lowest BCUT2D eigenvalue weighted by Crippen LogP contribution is -2.16. The summed E-state index contributed by atoms with van der Waals surface area (Å²) in [6.07, 6.45) is 1.49. The first-order chi connectivity index (χ1) is 7.38. The molecular weight excluding hydrogens is 226 g/mol. The van der Waals surface area contributed by atoms with Gasteiger partial charge >= 0.3 is 0 Å². The van der Waals surface area contributed by atoms with Crippen molar-refractivity contribution in [1.82, 2.24) is 5.32 Å². The molecule has 0 radical (unpaired) electrons. The van der Waals surface area contributed by atoms with Crippen LogP contribution in [0.2, 0.25) is 0 Å². The molecule has 1 saturated heterocycles. The number of hydrogen-bond donors (Lipinski definition) is 1. The van der Waals surface area contributed by atoms with Gasteiger partial charge in [0.05, 0.1) is 19.8 Å². The molecule has 1 aromatic rings. The van der Waals surface area contributed by atoms with Gasteiger partial charge in [0.15, 0.2) is 0 Å². The lowest BCUT2D eigenvalue weighted by atomic mass is 10.2. The highest BCUT2D eigenvalue weighted by Gasteiger charge is 2.14. The van der Waals surface area contributed by atoms with Gasteiger partial charge in [0.1, 0.15) is 5.75 Å². The molecule has 1 aliphatic rings. The molecule has 0 aliphatic carbocycles. The van der Waals surface area contributed by atoms with Crippen molar-refractivity contribution in [3.8, 4) is 5.75 Å². The summed E-state index contributed by atoms with van der Waals surface area (Å²) in [6, 6.07) is 8.01. The normalized spacial score (nSPS) is 19.2. The van der Waals surface area contributed by atoms with Gasteiger partial charge in [0.25, 0.3) is 0 Å². The molecule has 1 fully saturated rings. The van der Waals surface area contributed by atoms with Crippen LogP contribution in [0.5, 0.6) is 5.75 Å². The molecule has 1 N–H and O–H groups in total. The van der Waals surface area contributed by atoms with E-state index in [2.05, 4.69) is 11.4 Å². The van der Waals surface area contributed by atoms with E-state index in [4.69, 9.17) is 9.47 Å². The molecular formula is C12H18ClNO2. The van der Waals surface area contributed by atoms with Crippen molar-refractivity contribution >= 4 is 12.4 Å². The Kier molecular flexibility index (Phi) is 5.60. The average Bonchev–Trinajstić information content (AvgIpc) is 2.79. The average molecular weight is 244 g/mol. The molecule has 0 amide bonds. The number of ether oxygens (including phenoxy) is 2. The molecule has 1 aromatic carbocycles. The number of rotatable bonds is 4. The second-order valence-corrected chi connectivity index (χ2v) is 3.78. The molecule has 0 aromatic heterocycles. The Morgan fingerprint density at radius 2 is 2.31 bits per heavy atom. The fraction of sp³-hybridized carbons (Fsp3) is 0.500. The highest BCUT2D eigenvalue weighted by molar-refractivity contribution is 5.85. The van der Waals surface area contributed by atoms with Gasteiger partial charge in [-0.25, -0.2) is 0 Å². The van der Waals surface area contributed by atoms with E-state index in [1.165, 1.54) is 5.56 Å². The number of hydrogen-bond acceptors (Lipinski definition) is 3. The van der Waals surface area contributed by atoms with Crippen LogP contribution in [0.15, 0.2) is 24.3 Å². The Labute approximate surface area is 103 Å². The molecule has 1 unspecified atom stereocenters. The summed E-state index contributed by atoms with van der Waals surface area (Å²) in [5, 5.41) is 3.28. The van der Waals surface area contributed by atoms with Crippen molar-refractivity contribution in [2.24, 2.45) is 0 Å². The maximum atomic E-state index is 5.77. The van der Waals surface area contributed by atoms with E-state index in [-0.39, 0.29) is 12.4 Å². The van der Waals surface area contributed by atoms with Crippen LogP contribution < -0.4 is 10.1 Å². The Balaban J connectivity index is 0.00000128. The second kappa shape index (κ2) is 6.74. The van der Waals surface area contributed by atoms with Crippen LogP contribution in [-0.2, 0) is 11.3 Å². The van der Waals surface area contributed by atoms with Crippen molar-refractivity contribution < 1.29 is 9.47 Å². The Morgan fingerprint density at radius 3 is 3.00 bits per heavy atom. The maximum Gasteiger partial charge on any atom is 0.119 e. The molecule has 1 aliphatic heterocycles. The number of halogens is 1. The third kappa shape index (κ3) is 3.67. The Hall–Kier alpha value is -0.770. The van der Waals surface area contributed by atoms with Crippen molar-refractivity contribution in [2.75, 3.05) is 20.2 Å². The summed E-state index contributed by atoms with van der Waals surface area (Å²) in [7, 11) is 1.68. The van der Waals surface area contributed by atoms with E-state index in [1.807, 2.05) is 18.2 Å². The van der Waals surface area contributed by atoms with Gasteiger partial charge in [0, 0.05) is 6.54 Å². The van der Waals surface area contributed by atoms with E-state index in [0.29, 0.717) is 12.7 Å². The minimum absolute atomic E-state index is 0. The van der Waals surface area contributed by atoms with E-state index in [0.717, 1.165) is 25.3 Å². The number of methoxy groups -OCH3 is 1. The lowest BCUT2D eigenvalue weighted by molar-refractivity contribution is 0.0541. The summed E-state index contributed by atoms with van der Waals surface area (Å²) in [6.45, 7) is 2.72. The predicted molar refractivity (Wildman–Crippen MR) is 66.3 cm³/mol. The largest absolute Gasteiger partial charge is 0.497 e. The minimum atomic E-state index is 0. The molecule has 0 saturated carbocycles. The first kappa shape index (κ1) is 13.3. The van der Waals surface area contributed by atoms with Crippen LogP contribution in [-0.4, -0.2) is 26.3 Å². The smallest absolute Gasteiger partial charge is 0.119 e. The third-order valence-corrected chi connectivity index (χ3v) is 2.63. The molecule has 90 valence electrons. The molecule has 0 spiro atoms. The van der Waals surface area contributed by atoms with Crippen LogP contribution in [0.1, 0.15) is 12.0 Å². The number of benzene rings is 1. The predicted octanol–water partition coefficient (Wildman–Crippen LogP) is 2.00. The van der Waals surface area contributed by atoms with Gasteiger partial charge in [-0.05, 0) is 30.7 Å². The zero-order valence-corrected chi connectivity index (χ0v) is 10.3. The van der Waals surface area contributed by atoms with Crippen LogP contribution >= 0.6 is 12.4 Å². The molecule has 1 heterocycles. The van der Waals surface area contributed by atoms with Crippen LogP contribution in [0.4, 0.5) is 0 Å². The number of nitrogens with one attached hydrogen (secondary N) is 1. The molecule has 2 rings (SSSR count). The SMILES string of the molecule is COc1cccc(COC2CCNC2)c1.Cl. The van der Waals surface area contributed by atoms with Crippen molar-refractivity contribution in [3.63, 3.8) is 0 Å². The van der Waals surface area contributed by atoms with Crippen LogP contribution in [0, 0.1) is 0 Å². The van der Waals surface area contributed by atoms with E-state index in [1.54, 1.807) is 7.11 Å². The van der Waals surface area contributed by atoms with Crippen molar-refractivity contribution in [2.45, 2.75) is 19.1 Å². The summed E-state index contributed by atoms with van der Waals surface area (Å²) in [5.74, 6) is 0.889. The summed E-state index contributed by atoms with van der Waals surface area (Å²) in [4.78, 5) is 0. The lowest BCUT2D eigenvalue weighted by Gasteiger charge is -2.10. The first-order valence-electron chi connectivity index (χ1n) is 5.34. The maximum absolute atomic E-state index is 5.77. The Bertz CT molecular complexity index is 314. The van der Waals surface area contributed by atoms with E-state index < -0.39 is 0 Å². The molecule has 4 heteroatoms. The topological polar surface area (TPSA) is 30.5 Å². The fourth-order valence-electron chi connectivity index (χ4n) is 1.75. The minimum Gasteiger partial charge on any atom is -0.497 e. The Morgan fingerprint density at radius 1 is 1.44 bits per heavy atom. The summed E-state index contributed by atoms with van der Waals surface area (Å²) >= 11 is 0. The zero-order chi connectivity index (χ0) is 10.5. The molecule has 0 bridgehead atoms. The van der Waals surface area contributed by atoms with Gasteiger partial charge in [-0.15, -0.1) is 12.4 Å². The zero-order valence-electron chi connectivity index (χ0n) is 9.44. The quantitative estimate of drug-likeness (QED) is 0.878. The summed E-state index contributed by atoms with van der Waals surface area (Å²) < 4.78 is 10.9. The first-order valence-corrected chi connectivity index (χ1v) is 5.34. The standard InChI is InChI=1S/C12H17NO2.ClH/c1-14-11-4-2-3-10(7-11)9-15-12-5-6-13-8-12;/h2-4,7,12-13H,5-6,8-9H2,1H3;1H. The van der Waals surface area contributed by atoms with Gasteiger partial charge < -0.3 is 14.8 Å². The monoisotopic (exact) mass is 243 g/mol.